The number of piperazine rings is 2. The van der Waals surface area contributed by atoms with Crippen molar-refractivity contribution in [1.29, 1.82) is 0 Å². The number of alkyl halides is 2. The lowest BCUT2D eigenvalue weighted by atomic mass is 10.3. The van der Waals surface area contributed by atoms with Crippen molar-refractivity contribution in [2.45, 2.75) is 0 Å². The monoisotopic (exact) mass is 324 g/mol. The minimum Gasteiger partial charge on any atom is -0.338 e. The van der Waals surface area contributed by atoms with Gasteiger partial charge in [-0.15, -0.1) is 23.2 Å². The van der Waals surface area contributed by atoms with E-state index in [9.17, 15) is 9.59 Å². The molecule has 0 aliphatic carbocycles. The van der Waals surface area contributed by atoms with Crippen LogP contribution in [0.1, 0.15) is 0 Å². The molecule has 0 radical (unpaired) electrons. The first-order valence-corrected chi connectivity index (χ1v) is 7.85. The van der Waals surface area contributed by atoms with E-state index in [1.807, 2.05) is 0 Å². The van der Waals surface area contributed by atoms with Crippen molar-refractivity contribution >= 4 is 35.0 Å². The number of nitrogens with one attached hydrogen (secondary N) is 2. The average Bonchev–Trinajstić information content (AvgIpc) is 2.55. The number of carbonyl (C=O) groups is 2. The molecule has 2 aliphatic heterocycles. The van der Waals surface area contributed by atoms with Crippen LogP contribution in [0.5, 0.6) is 0 Å². The summed E-state index contributed by atoms with van der Waals surface area (Å²) in [5.74, 6) is -0.151. The van der Waals surface area contributed by atoms with Gasteiger partial charge in [0.25, 0.3) is 0 Å². The lowest BCUT2D eigenvalue weighted by Crippen LogP contribution is -2.51. The lowest BCUT2D eigenvalue weighted by molar-refractivity contribution is -0.136. The Morgan fingerprint density at radius 2 is 1.05 bits per heavy atom. The summed E-state index contributed by atoms with van der Waals surface area (Å²) in [6.45, 7) is 6.75. The number of nitrogens with zero attached hydrogens (tertiary/aromatic N) is 2. The Hall–Kier alpha value is -0.560. The summed E-state index contributed by atoms with van der Waals surface area (Å²) in [6.07, 6.45) is 0. The first kappa shape index (κ1) is 17.5. The predicted molar refractivity (Wildman–Crippen MR) is 80.3 cm³/mol. The molecule has 2 N–H and O–H groups in total. The van der Waals surface area contributed by atoms with Crippen molar-refractivity contribution in [2.75, 3.05) is 64.1 Å². The highest BCUT2D eigenvalue weighted by molar-refractivity contribution is 6.27. The zero-order valence-electron chi connectivity index (χ0n) is 11.5. The number of rotatable bonds is 2. The second-order valence-corrected chi connectivity index (χ2v) is 5.06. The molecule has 0 aromatic carbocycles. The molecule has 116 valence electrons. The van der Waals surface area contributed by atoms with Crippen LogP contribution >= 0.6 is 23.2 Å². The maximum Gasteiger partial charge on any atom is 0.237 e. The zero-order valence-corrected chi connectivity index (χ0v) is 13.0. The topological polar surface area (TPSA) is 64.7 Å². The van der Waals surface area contributed by atoms with Gasteiger partial charge in [-0.2, -0.15) is 0 Å². The molecule has 0 bridgehead atoms. The van der Waals surface area contributed by atoms with Gasteiger partial charge in [-0.25, -0.2) is 0 Å². The summed E-state index contributed by atoms with van der Waals surface area (Å²) >= 11 is 10.8. The molecule has 2 heterocycles. The summed E-state index contributed by atoms with van der Waals surface area (Å²) in [7, 11) is 0. The van der Waals surface area contributed by atoms with Gasteiger partial charge in [-0.1, -0.05) is 0 Å². The Bertz CT molecular complexity index is 270. The Morgan fingerprint density at radius 3 is 1.25 bits per heavy atom. The number of carbonyl (C=O) groups excluding carboxylic acids is 2. The fourth-order valence-electron chi connectivity index (χ4n) is 1.98. The largest absolute Gasteiger partial charge is 0.338 e. The van der Waals surface area contributed by atoms with E-state index in [-0.39, 0.29) is 23.6 Å². The van der Waals surface area contributed by atoms with Crippen LogP contribution in [-0.4, -0.2) is 85.7 Å². The molecule has 2 rings (SSSR count). The lowest BCUT2D eigenvalue weighted by Gasteiger charge is -2.34. The van der Waals surface area contributed by atoms with Crippen LogP contribution in [0.4, 0.5) is 0 Å². The van der Waals surface area contributed by atoms with E-state index in [1.54, 1.807) is 9.80 Å². The fourth-order valence-corrected chi connectivity index (χ4v) is 2.32. The van der Waals surface area contributed by atoms with Crippen molar-refractivity contribution in [2.24, 2.45) is 0 Å². The van der Waals surface area contributed by atoms with E-state index in [2.05, 4.69) is 10.6 Å². The van der Waals surface area contributed by atoms with E-state index in [1.165, 1.54) is 0 Å². The van der Waals surface area contributed by atoms with Gasteiger partial charge in [0, 0.05) is 52.4 Å². The van der Waals surface area contributed by atoms with Gasteiger partial charge in [0.05, 0.1) is 0 Å². The molecule has 0 unspecified atom stereocenters. The summed E-state index contributed by atoms with van der Waals surface area (Å²) in [5.41, 5.74) is 0. The fraction of sp³-hybridized carbons (Fsp3) is 0.833. The highest BCUT2D eigenvalue weighted by atomic mass is 35.5. The number of hydrogen-bond donors (Lipinski definition) is 2. The summed E-state index contributed by atoms with van der Waals surface area (Å²) in [5, 5.41) is 6.44. The Morgan fingerprint density at radius 1 is 0.750 bits per heavy atom. The highest BCUT2D eigenvalue weighted by Gasteiger charge is 2.22. The van der Waals surface area contributed by atoms with E-state index < -0.39 is 0 Å². The molecule has 0 aromatic rings. The third kappa shape index (κ3) is 6.26. The molecule has 2 fully saturated rings. The molecule has 0 aromatic heterocycles. The van der Waals surface area contributed by atoms with E-state index in [4.69, 9.17) is 23.2 Å². The molecule has 0 spiro atoms. The molecule has 2 aliphatic rings. The van der Waals surface area contributed by atoms with Gasteiger partial charge in [0.2, 0.25) is 11.8 Å². The minimum atomic E-state index is -0.0790. The van der Waals surface area contributed by atoms with Crippen LogP contribution in [0.15, 0.2) is 0 Å². The molecule has 2 saturated heterocycles. The first-order chi connectivity index (χ1) is 9.69. The summed E-state index contributed by atoms with van der Waals surface area (Å²) < 4.78 is 0. The standard InChI is InChI=1S/C8H12Cl2N2O2.C4H10N2/c9-5-7(13)11-1-2-12(4-3-11)8(14)6-10;1-2-6-4-3-5-1/h1-6H2;5-6H,1-4H2. The molecular formula is C12H22Cl2N4O2. The van der Waals surface area contributed by atoms with Crippen LogP contribution in [0.25, 0.3) is 0 Å². The molecule has 8 heteroatoms. The van der Waals surface area contributed by atoms with Crippen LogP contribution < -0.4 is 10.6 Å². The van der Waals surface area contributed by atoms with Crippen molar-refractivity contribution in [3.63, 3.8) is 0 Å². The van der Waals surface area contributed by atoms with Crippen LogP contribution in [-0.2, 0) is 9.59 Å². The Balaban J connectivity index is 0.000000276. The second-order valence-electron chi connectivity index (χ2n) is 4.53. The molecule has 0 saturated carbocycles. The van der Waals surface area contributed by atoms with Gasteiger partial charge in [-0.05, 0) is 0 Å². The average molecular weight is 325 g/mol. The number of amides is 2. The van der Waals surface area contributed by atoms with E-state index >= 15 is 0 Å². The maximum absolute atomic E-state index is 11.2. The number of hydrogen-bond acceptors (Lipinski definition) is 4. The quantitative estimate of drug-likeness (QED) is 0.660. The Kier molecular flexibility index (Phi) is 8.93. The van der Waals surface area contributed by atoms with Crippen molar-refractivity contribution in [3.05, 3.63) is 0 Å². The van der Waals surface area contributed by atoms with Crippen LogP contribution in [0.3, 0.4) is 0 Å². The molecular weight excluding hydrogens is 303 g/mol. The summed E-state index contributed by atoms with van der Waals surface area (Å²) in [4.78, 5) is 25.7. The molecule has 0 atom stereocenters. The Labute approximate surface area is 129 Å². The van der Waals surface area contributed by atoms with Gasteiger partial charge in [-0.3, -0.25) is 9.59 Å². The summed E-state index contributed by atoms with van der Waals surface area (Å²) in [6, 6.07) is 0. The normalized spacial score (nSPS) is 19.1. The SMILES string of the molecule is C1CNCCN1.O=C(CCl)N1CCN(C(=O)CCl)CC1. The molecule has 6 nitrogen and oxygen atoms in total. The van der Waals surface area contributed by atoms with Crippen molar-refractivity contribution in [1.82, 2.24) is 20.4 Å². The highest BCUT2D eigenvalue weighted by Crippen LogP contribution is 2.03. The smallest absolute Gasteiger partial charge is 0.237 e. The maximum atomic E-state index is 11.2. The molecule has 20 heavy (non-hydrogen) atoms. The van der Waals surface area contributed by atoms with Gasteiger partial charge >= 0.3 is 0 Å². The second kappa shape index (κ2) is 10.2. The zero-order chi connectivity index (χ0) is 14.8. The van der Waals surface area contributed by atoms with Gasteiger partial charge < -0.3 is 20.4 Å². The van der Waals surface area contributed by atoms with Crippen LogP contribution in [0, 0.1) is 0 Å². The third-order valence-corrected chi connectivity index (χ3v) is 3.63. The number of halogens is 2. The first-order valence-electron chi connectivity index (χ1n) is 6.78. The van der Waals surface area contributed by atoms with Crippen LogP contribution in [0.2, 0.25) is 0 Å². The van der Waals surface area contributed by atoms with E-state index in [0.717, 1.165) is 26.2 Å². The van der Waals surface area contributed by atoms with Crippen molar-refractivity contribution in [3.8, 4) is 0 Å². The van der Waals surface area contributed by atoms with Crippen molar-refractivity contribution < 1.29 is 9.59 Å². The molecule has 2 amide bonds. The predicted octanol–water partition coefficient (Wildman–Crippen LogP) is -0.686. The minimum absolute atomic E-state index is 0.00343. The van der Waals surface area contributed by atoms with Gasteiger partial charge in [0.1, 0.15) is 11.8 Å². The van der Waals surface area contributed by atoms with E-state index in [0.29, 0.717) is 26.2 Å². The van der Waals surface area contributed by atoms with Gasteiger partial charge in [0.15, 0.2) is 0 Å². The third-order valence-electron chi connectivity index (χ3n) is 3.17.